The monoisotopic (exact) mass is 404 g/mol. The van der Waals surface area contributed by atoms with E-state index < -0.39 is 0 Å². The minimum atomic E-state index is -0.0716. The molecule has 0 radical (unpaired) electrons. The molecule has 0 bridgehead atoms. The van der Waals surface area contributed by atoms with Crippen molar-refractivity contribution in [2.75, 3.05) is 17.6 Å². The Morgan fingerprint density at radius 1 is 0.966 bits per heavy atom. The van der Waals surface area contributed by atoms with Crippen LogP contribution in [0.1, 0.15) is 22.1 Å². The smallest absolute Gasteiger partial charge is 0.323 e. The SMILES string of the molecule is Cc1ccc(NC(=O)N2CCSC2c2cccc(Oc3ccccc3)c2)cc1C. The molecule has 4 nitrogen and oxygen atoms in total. The topological polar surface area (TPSA) is 41.6 Å². The maximum atomic E-state index is 12.9. The lowest BCUT2D eigenvalue weighted by Crippen LogP contribution is -2.34. The number of nitrogens with zero attached hydrogens (tertiary/aromatic N) is 1. The number of aryl methyl sites for hydroxylation is 2. The highest BCUT2D eigenvalue weighted by Crippen LogP contribution is 2.39. The van der Waals surface area contributed by atoms with Gasteiger partial charge in [0.2, 0.25) is 0 Å². The molecule has 0 saturated carbocycles. The van der Waals surface area contributed by atoms with Gasteiger partial charge in [-0.15, -0.1) is 11.8 Å². The summed E-state index contributed by atoms with van der Waals surface area (Å²) in [6.07, 6.45) is 0. The number of urea groups is 1. The highest BCUT2D eigenvalue weighted by Gasteiger charge is 2.31. The number of hydrogen-bond acceptors (Lipinski definition) is 3. The molecule has 0 spiro atoms. The normalized spacial score (nSPS) is 15.9. The van der Waals surface area contributed by atoms with Gasteiger partial charge >= 0.3 is 6.03 Å². The van der Waals surface area contributed by atoms with Crippen LogP contribution in [-0.2, 0) is 0 Å². The maximum Gasteiger partial charge on any atom is 0.323 e. The van der Waals surface area contributed by atoms with Gasteiger partial charge in [0.15, 0.2) is 0 Å². The van der Waals surface area contributed by atoms with Crippen LogP contribution in [0.3, 0.4) is 0 Å². The molecule has 1 N–H and O–H groups in total. The standard InChI is InChI=1S/C24H24N2O2S/c1-17-11-12-20(15-18(17)2)25-24(27)26-13-14-29-23(26)19-7-6-10-22(16-19)28-21-8-4-3-5-9-21/h3-12,15-16,23H,13-14H2,1-2H3,(H,25,27). The molecule has 0 aromatic heterocycles. The summed E-state index contributed by atoms with van der Waals surface area (Å²) in [5.41, 5.74) is 4.28. The zero-order valence-electron chi connectivity index (χ0n) is 16.6. The first-order valence-corrected chi connectivity index (χ1v) is 10.7. The van der Waals surface area contributed by atoms with E-state index in [0.717, 1.165) is 35.0 Å². The average Bonchev–Trinajstić information content (AvgIpc) is 3.22. The number of hydrogen-bond donors (Lipinski definition) is 1. The van der Waals surface area contributed by atoms with E-state index in [1.807, 2.05) is 71.6 Å². The van der Waals surface area contributed by atoms with E-state index in [1.165, 1.54) is 11.1 Å². The number of para-hydroxylation sites is 1. The van der Waals surface area contributed by atoms with Gasteiger partial charge in [-0.3, -0.25) is 0 Å². The van der Waals surface area contributed by atoms with Crippen molar-refractivity contribution in [3.8, 4) is 11.5 Å². The molecule has 1 saturated heterocycles. The molecule has 3 aromatic rings. The van der Waals surface area contributed by atoms with Crippen molar-refractivity contribution in [1.29, 1.82) is 0 Å². The van der Waals surface area contributed by atoms with Gasteiger partial charge in [-0.25, -0.2) is 4.79 Å². The van der Waals surface area contributed by atoms with Gasteiger partial charge in [0, 0.05) is 18.0 Å². The third-order valence-corrected chi connectivity index (χ3v) is 6.29. The predicted octanol–water partition coefficient (Wildman–Crippen LogP) is 6.38. The third kappa shape index (κ3) is 4.57. The van der Waals surface area contributed by atoms with Crippen molar-refractivity contribution < 1.29 is 9.53 Å². The van der Waals surface area contributed by atoms with Crippen molar-refractivity contribution in [3.05, 3.63) is 89.5 Å². The third-order valence-electron chi connectivity index (χ3n) is 5.03. The molecule has 5 heteroatoms. The van der Waals surface area contributed by atoms with Crippen LogP contribution in [0.15, 0.2) is 72.8 Å². The van der Waals surface area contributed by atoms with Crippen LogP contribution in [0.2, 0.25) is 0 Å². The van der Waals surface area contributed by atoms with Crippen LogP contribution in [-0.4, -0.2) is 23.2 Å². The molecule has 148 valence electrons. The first-order chi connectivity index (χ1) is 14.1. The maximum absolute atomic E-state index is 12.9. The molecule has 2 amide bonds. The summed E-state index contributed by atoms with van der Waals surface area (Å²) in [7, 11) is 0. The van der Waals surface area contributed by atoms with E-state index in [0.29, 0.717) is 0 Å². The lowest BCUT2D eigenvalue weighted by atomic mass is 10.1. The summed E-state index contributed by atoms with van der Waals surface area (Å²) in [4.78, 5) is 14.8. The predicted molar refractivity (Wildman–Crippen MR) is 120 cm³/mol. The highest BCUT2D eigenvalue weighted by atomic mass is 32.2. The number of thioether (sulfide) groups is 1. The Hall–Kier alpha value is -2.92. The van der Waals surface area contributed by atoms with Crippen LogP contribution in [0, 0.1) is 13.8 Å². The number of nitrogens with one attached hydrogen (secondary N) is 1. The highest BCUT2D eigenvalue weighted by molar-refractivity contribution is 7.99. The van der Waals surface area contributed by atoms with Crippen molar-refractivity contribution in [2.45, 2.75) is 19.2 Å². The molecular formula is C24H24N2O2S. The fourth-order valence-electron chi connectivity index (χ4n) is 3.32. The van der Waals surface area contributed by atoms with Gasteiger partial charge in [0.1, 0.15) is 16.9 Å². The van der Waals surface area contributed by atoms with Gasteiger partial charge in [-0.05, 0) is 66.9 Å². The van der Waals surface area contributed by atoms with Crippen molar-refractivity contribution in [1.82, 2.24) is 4.90 Å². The second-order valence-electron chi connectivity index (χ2n) is 7.13. The van der Waals surface area contributed by atoms with E-state index >= 15 is 0 Å². The van der Waals surface area contributed by atoms with Crippen LogP contribution >= 0.6 is 11.8 Å². The zero-order chi connectivity index (χ0) is 20.2. The van der Waals surface area contributed by atoms with Gasteiger partial charge in [0.25, 0.3) is 0 Å². The first-order valence-electron chi connectivity index (χ1n) is 9.69. The zero-order valence-corrected chi connectivity index (χ0v) is 17.4. The lowest BCUT2D eigenvalue weighted by molar-refractivity contribution is 0.214. The largest absolute Gasteiger partial charge is 0.457 e. The Morgan fingerprint density at radius 2 is 1.76 bits per heavy atom. The van der Waals surface area contributed by atoms with E-state index in [-0.39, 0.29) is 11.4 Å². The van der Waals surface area contributed by atoms with E-state index in [1.54, 1.807) is 11.8 Å². The second-order valence-corrected chi connectivity index (χ2v) is 8.32. The summed E-state index contributed by atoms with van der Waals surface area (Å²) in [5.74, 6) is 2.48. The van der Waals surface area contributed by atoms with Crippen molar-refractivity contribution >= 4 is 23.5 Å². The summed E-state index contributed by atoms with van der Waals surface area (Å²) >= 11 is 1.77. The number of benzene rings is 3. The summed E-state index contributed by atoms with van der Waals surface area (Å²) in [6, 6.07) is 23.6. The van der Waals surface area contributed by atoms with Gasteiger partial charge < -0.3 is 15.0 Å². The molecule has 3 aromatic carbocycles. The fraction of sp³-hybridized carbons (Fsp3) is 0.208. The summed E-state index contributed by atoms with van der Waals surface area (Å²) in [5, 5.41) is 3.02. The Morgan fingerprint density at radius 3 is 2.55 bits per heavy atom. The number of rotatable bonds is 4. The Balaban J connectivity index is 1.49. The van der Waals surface area contributed by atoms with Gasteiger partial charge in [0.05, 0.1) is 0 Å². The number of carbonyl (C=O) groups is 1. The fourth-order valence-corrected chi connectivity index (χ4v) is 4.57. The molecule has 1 fully saturated rings. The number of carbonyl (C=O) groups excluding carboxylic acids is 1. The minimum absolute atomic E-state index is 0.0270. The summed E-state index contributed by atoms with van der Waals surface area (Å²) < 4.78 is 5.97. The summed E-state index contributed by atoms with van der Waals surface area (Å²) in [6.45, 7) is 4.84. The van der Waals surface area contributed by atoms with E-state index in [2.05, 4.69) is 25.2 Å². The first kappa shape index (κ1) is 19.4. The lowest BCUT2D eigenvalue weighted by Gasteiger charge is -2.25. The van der Waals surface area contributed by atoms with Gasteiger partial charge in [-0.2, -0.15) is 0 Å². The molecule has 29 heavy (non-hydrogen) atoms. The molecule has 1 aliphatic heterocycles. The number of amides is 2. The van der Waals surface area contributed by atoms with Crippen LogP contribution in [0.4, 0.5) is 10.5 Å². The molecule has 4 rings (SSSR count). The number of anilines is 1. The Labute approximate surface area is 175 Å². The van der Waals surface area contributed by atoms with Crippen molar-refractivity contribution in [3.63, 3.8) is 0 Å². The molecule has 0 aliphatic carbocycles. The van der Waals surface area contributed by atoms with E-state index in [9.17, 15) is 4.79 Å². The molecule has 1 unspecified atom stereocenters. The average molecular weight is 405 g/mol. The molecule has 1 atom stereocenters. The Bertz CT molecular complexity index is 1010. The Kier molecular flexibility index (Phi) is 5.76. The quantitative estimate of drug-likeness (QED) is 0.549. The molecule has 1 aliphatic rings. The van der Waals surface area contributed by atoms with Crippen LogP contribution < -0.4 is 10.1 Å². The molecular weight excluding hydrogens is 380 g/mol. The van der Waals surface area contributed by atoms with Crippen LogP contribution in [0.25, 0.3) is 0 Å². The van der Waals surface area contributed by atoms with Gasteiger partial charge in [-0.1, -0.05) is 36.4 Å². The minimum Gasteiger partial charge on any atom is -0.457 e. The number of ether oxygens (including phenoxy) is 1. The van der Waals surface area contributed by atoms with E-state index in [4.69, 9.17) is 4.74 Å². The van der Waals surface area contributed by atoms with Crippen molar-refractivity contribution in [2.24, 2.45) is 0 Å². The molecule has 1 heterocycles. The second kappa shape index (κ2) is 8.62. The van der Waals surface area contributed by atoms with Crippen LogP contribution in [0.5, 0.6) is 11.5 Å².